The summed E-state index contributed by atoms with van der Waals surface area (Å²) < 4.78 is 4.79. The maximum atomic E-state index is 12.4. The molecule has 0 spiro atoms. The van der Waals surface area contributed by atoms with Crippen molar-refractivity contribution in [1.82, 2.24) is 9.88 Å². The summed E-state index contributed by atoms with van der Waals surface area (Å²) in [5.74, 6) is 0.186. The van der Waals surface area contributed by atoms with Crippen LogP contribution in [0.5, 0.6) is 0 Å². The summed E-state index contributed by atoms with van der Waals surface area (Å²) in [6, 6.07) is 3.37. The van der Waals surface area contributed by atoms with E-state index in [9.17, 15) is 9.59 Å². The molecule has 134 valence electrons. The van der Waals surface area contributed by atoms with Gasteiger partial charge in [-0.2, -0.15) is 0 Å². The molecule has 0 fully saturated rings. The molecule has 0 bridgehead atoms. The highest BCUT2D eigenvalue weighted by Crippen LogP contribution is 2.18. The van der Waals surface area contributed by atoms with Gasteiger partial charge in [-0.15, -0.1) is 0 Å². The number of halogens is 1. The number of pyridine rings is 1. The van der Waals surface area contributed by atoms with E-state index in [-0.39, 0.29) is 23.4 Å². The van der Waals surface area contributed by atoms with Gasteiger partial charge in [0.05, 0.1) is 6.61 Å². The first kappa shape index (κ1) is 20.4. The topological polar surface area (TPSA) is 71.5 Å². The smallest absolute Gasteiger partial charge is 0.412 e. The Balaban J connectivity index is 2.73. The van der Waals surface area contributed by atoms with Gasteiger partial charge in [0.15, 0.2) is 5.78 Å². The van der Waals surface area contributed by atoms with Crippen LogP contribution in [0.2, 0.25) is 5.15 Å². The van der Waals surface area contributed by atoms with Crippen LogP contribution in [0.4, 0.5) is 10.6 Å². The Hall–Kier alpha value is -1.66. The normalized spacial score (nSPS) is 12.1. The summed E-state index contributed by atoms with van der Waals surface area (Å²) in [4.78, 5) is 30.2. The lowest BCUT2D eigenvalue weighted by Gasteiger charge is -2.26. The molecular formula is C17H26ClN3O3. The number of ketones is 1. The van der Waals surface area contributed by atoms with E-state index in [1.165, 1.54) is 12.1 Å². The lowest BCUT2D eigenvalue weighted by molar-refractivity contribution is 0.0964. The van der Waals surface area contributed by atoms with Crippen LogP contribution in [0.3, 0.4) is 0 Å². The van der Waals surface area contributed by atoms with Crippen molar-refractivity contribution in [2.24, 2.45) is 0 Å². The number of carbonyl (C=O) groups is 2. The van der Waals surface area contributed by atoms with Crippen molar-refractivity contribution in [2.75, 3.05) is 25.0 Å². The third-order valence-electron chi connectivity index (χ3n) is 3.85. The van der Waals surface area contributed by atoms with Gasteiger partial charge < -0.3 is 9.64 Å². The van der Waals surface area contributed by atoms with Gasteiger partial charge in [0.2, 0.25) is 0 Å². The van der Waals surface area contributed by atoms with Crippen molar-refractivity contribution in [1.29, 1.82) is 0 Å². The zero-order chi connectivity index (χ0) is 18.1. The van der Waals surface area contributed by atoms with Gasteiger partial charge in [0.1, 0.15) is 11.0 Å². The van der Waals surface area contributed by atoms with Crippen molar-refractivity contribution < 1.29 is 14.3 Å². The van der Waals surface area contributed by atoms with Gasteiger partial charge in [-0.05, 0) is 45.5 Å². The molecule has 1 N–H and O–H groups in total. The number of carbonyl (C=O) groups excluding carboxylic acids is 2. The first-order valence-corrected chi connectivity index (χ1v) is 8.67. The number of aromatic nitrogens is 1. The largest absolute Gasteiger partial charge is 0.450 e. The Labute approximate surface area is 148 Å². The molecule has 0 radical (unpaired) electrons. The minimum absolute atomic E-state index is 0.0229. The molecule has 0 saturated heterocycles. The minimum Gasteiger partial charge on any atom is -0.450 e. The van der Waals surface area contributed by atoms with E-state index in [0.29, 0.717) is 18.0 Å². The second-order valence-electron chi connectivity index (χ2n) is 5.44. The van der Waals surface area contributed by atoms with E-state index in [2.05, 4.69) is 36.0 Å². The van der Waals surface area contributed by atoms with Crippen LogP contribution in [0.15, 0.2) is 12.1 Å². The molecule has 0 saturated carbocycles. The van der Waals surface area contributed by atoms with Crippen molar-refractivity contribution >= 4 is 29.3 Å². The number of anilines is 1. The monoisotopic (exact) mass is 355 g/mol. The van der Waals surface area contributed by atoms with Crippen LogP contribution in [-0.4, -0.2) is 47.5 Å². The molecule has 1 amide bonds. The molecule has 0 aliphatic carbocycles. The molecular weight excluding hydrogens is 330 g/mol. The van der Waals surface area contributed by atoms with Crippen molar-refractivity contribution in [3.8, 4) is 0 Å². The number of hydrogen-bond donors (Lipinski definition) is 1. The number of nitrogens with one attached hydrogen (secondary N) is 1. The summed E-state index contributed by atoms with van der Waals surface area (Å²) in [5, 5.41) is 2.62. The SMILES string of the molecule is CCOC(=O)Nc1cc(C(=O)CC[C@H](C)N(CC)CC)cc(Cl)n1. The van der Waals surface area contributed by atoms with Crippen LogP contribution in [0, 0.1) is 0 Å². The lowest BCUT2D eigenvalue weighted by Crippen LogP contribution is -2.33. The van der Waals surface area contributed by atoms with Gasteiger partial charge in [-0.25, -0.2) is 9.78 Å². The number of nitrogens with zero attached hydrogens (tertiary/aromatic N) is 2. The highest BCUT2D eigenvalue weighted by Gasteiger charge is 2.15. The number of ether oxygens (including phenoxy) is 1. The standard InChI is InChI=1S/C17H26ClN3O3/c1-5-21(6-2)12(4)8-9-14(22)13-10-15(18)19-16(11-13)20-17(23)24-7-3/h10-12H,5-9H2,1-4H3,(H,19,20,23)/t12-/m0/s1. The molecule has 0 aromatic carbocycles. The lowest BCUT2D eigenvalue weighted by atomic mass is 10.0. The minimum atomic E-state index is -0.624. The van der Waals surface area contributed by atoms with Crippen LogP contribution < -0.4 is 5.32 Å². The van der Waals surface area contributed by atoms with Crippen LogP contribution in [0.25, 0.3) is 0 Å². The quantitative estimate of drug-likeness (QED) is 0.535. The van der Waals surface area contributed by atoms with Crippen LogP contribution >= 0.6 is 11.6 Å². The summed E-state index contributed by atoms with van der Waals surface area (Å²) >= 11 is 5.95. The Bertz CT molecular complexity index is 562. The van der Waals surface area contributed by atoms with Gasteiger partial charge in [0, 0.05) is 18.0 Å². The first-order valence-electron chi connectivity index (χ1n) is 8.29. The highest BCUT2D eigenvalue weighted by molar-refractivity contribution is 6.30. The Kier molecular flexibility index (Phi) is 8.71. The van der Waals surface area contributed by atoms with Crippen molar-refractivity contribution in [3.63, 3.8) is 0 Å². The molecule has 6 nitrogen and oxygen atoms in total. The van der Waals surface area contributed by atoms with Crippen molar-refractivity contribution in [2.45, 2.75) is 46.6 Å². The highest BCUT2D eigenvalue weighted by atomic mass is 35.5. The van der Waals surface area contributed by atoms with Crippen LogP contribution in [0.1, 0.15) is 50.9 Å². The molecule has 1 heterocycles. The number of amides is 1. The van der Waals surface area contributed by atoms with Gasteiger partial charge >= 0.3 is 6.09 Å². The summed E-state index contributed by atoms with van der Waals surface area (Å²) in [6.45, 7) is 10.2. The fourth-order valence-corrected chi connectivity index (χ4v) is 2.72. The van der Waals surface area contributed by atoms with E-state index in [1.54, 1.807) is 6.92 Å². The number of Topliss-reactive ketones (excluding diaryl/α,β-unsaturated/α-hetero) is 1. The first-order chi connectivity index (χ1) is 11.4. The third kappa shape index (κ3) is 6.45. The predicted molar refractivity (Wildman–Crippen MR) is 95.8 cm³/mol. The molecule has 0 aliphatic rings. The maximum Gasteiger partial charge on any atom is 0.412 e. The Morgan fingerprint density at radius 2 is 1.96 bits per heavy atom. The van der Waals surface area contributed by atoms with E-state index >= 15 is 0 Å². The molecule has 7 heteroatoms. The number of rotatable bonds is 9. The van der Waals surface area contributed by atoms with E-state index in [0.717, 1.165) is 19.5 Å². The van der Waals surface area contributed by atoms with Crippen LogP contribution in [-0.2, 0) is 4.74 Å². The second kappa shape index (κ2) is 10.3. The molecule has 24 heavy (non-hydrogen) atoms. The van der Waals surface area contributed by atoms with Crippen molar-refractivity contribution in [3.05, 3.63) is 22.8 Å². The van der Waals surface area contributed by atoms with E-state index in [4.69, 9.17) is 16.3 Å². The average molecular weight is 356 g/mol. The molecule has 0 unspecified atom stereocenters. The Morgan fingerprint density at radius 1 is 1.29 bits per heavy atom. The van der Waals surface area contributed by atoms with Gasteiger partial charge in [0.25, 0.3) is 0 Å². The summed E-state index contributed by atoms with van der Waals surface area (Å²) in [5.41, 5.74) is 0.438. The van der Waals surface area contributed by atoms with E-state index in [1.807, 2.05) is 0 Å². The molecule has 1 aromatic rings. The van der Waals surface area contributed by atoms with Gasteiger partial charge in [-0.3, -0.25) is 10.1 Å². The van der Waals surface area contributed by atoms with E-state index < -0.39 is 6.09 Å². The molecule has 1 rings (SSSR count). The molecule has 0 aliphatic heterocycles. The molecule has 1 aromatic heterocycles. The maximum absolute atomic E-state index is 12.4. The fraction of sp³-hybridized carbons (Fsp3) is 0.588. The predicted octanol–water partition coefficient (Wildman–Crippen LogP) is 4.00. The van der Waals surface area contributed by atoms with Gasteiger partial charge in [-0.1, -0.05) is 25.4 Å². The molecule has 1 atom stereocenters. The third-order valence-corrected chi connectivity index (χ3v) is 4.04. The average Bonchev–Trinajstić information content (AvgIpc) is 2.53. The second-order valence-corrected chi connectivity index (χ2v) is 5.83. The number of hydrogen-bond acceptors (Lipinski definition) is 5. The zero-order valence-electron chi connectivity index (χ0n) is 14.8. The fourth-order valence-electron chi connectivity index (χ4n) is 2.51. The Morgan fingerprint density at radius 3 is 2.54 bits per heavy atom. The zero-order valence-corrected chi connectivity index (χ0v) is 15.5. The summed E-state index contributed by atoms with van der Waals surface area (Å²) in [7, 11) is 0. The summed E-state index contributed by atoms with van der Waals surface area (Å²) in [6.07, 6.45) is 0.554.